The number of H-pyrrole nitrogens is 1. The first-order valence-electron chi connectivity index (χ1n) is 8.64. The van der Waals surface area contributed by atoms with Gasteiger partial charge in [-0.05, 0) is 26.0 Å². The van der Waals surface area contributed by atoms with Gasteiger partial charge in [-0.3, -0.25) is 9.59 Å². The van der Waals surface area contributed by atoms with Crippen molar-refractivity contribution in [1.82, 2.24) is 4.98 Å². The largest absolute Gasteiger partial charge is 0.394 e. The number of aromatic amines is 1. The smallest absolute Gasteiger partial charge is 0.252 e. The summed E-state index contributed by atoms with van der Waals surface area (Å²) >= 11 is 0. The minimum atomic E-state index is -1.86. The maximum atomic E-state index is 12.1. The fraction of sp³-hybridized carbons (Fsp3) is 0.389. The van der Waals surface area contributed by atoms with Crippen LogP contribution in [0.25, 0.3) is 10.9 Å². The highest BCUT2D eigenvalue weighted by molar-refractivity contribution is 6.07. The topological polar surface area (TPSA) is 160 Å². The maximum Gasteiger partial charge on any atom is 0.252 e. The van der Waals surface area contributed by atoms with Crippen LogP contribution in [0.1, 0.15) is 22.8 Å². The Morgan fingerprint density at radius 2 is 2.00 bits per heavy atom. The minimum Gasteiger partial charge on any atom is -0.394 e. The Labute approximate surface area is 155 Å². The molecule has 0 spiro atoms. The summed E-state index contributed by atoms with van der Waals surface area (Å²) in [7, 11) is 0. The summed E-state index contributed by atoms with van der Waals surface area (Å²) in [4.78, 5) is 38.0. The predicted octanol–water partition coefficient (Wildman–Crippen LogP) is -0.906. The second-order valence-electron chi connectivity index (χ2n) is 6.23. The van der Waals surface area contributed by atoms with Crippen molar-refractivity contribution in [2.24, 2.45) is 0 Å². The molecule has 0 saturated carbocycles. The van der Waals surface area contributed by atoms with Gasteiger partial charge in [0, 0.05) is 22.2 Å². The van der Waals surface area contributed by atoms with Gasteiger partial charge in [0.05, 0.1) is 12.1 Å². The molecule has 9 heteroatoms. The SMILES string of the molecule is [2H]N(c1ccc2c(C(C)=O)c(C)c(=O)[nH]c2c1)[C@@H](C=O)[C@@H](O)[C@H](O)[C@H](O)CO. The molecule has 27 heavy (non-hydrogen) atoms. The monoisotopic (exact) mass is 379 g/mol. The zero-order chi connectivity index (χ0) is 21.2. The molecule has 2 rings (SSSR count). The zero-order valence-electron chi connectivity index (χ0n) is 15.8. The highest BCUT2D eigenvalue weighted by Crippen LogP contribution is 2.23. The molecule has 2 aromatic rings. The highest BCUT2D eigenvalue weighted by atomic mass is 16.4. The number of benzene rings is 1. The summed E-state index contributed by atoms with van der Waals surface area (Å²) in [5.74, 6) is -0.300. The number of fused-ring (bicyclic) bond motifs is 1. The van der Waals surface area contributed by atoms with Crippen LogP contribution in [0.15, 0.2) is 23.0 Å². The van der Waals surface area contributed by atoms with Gasteiger partial charge in [0.2, 0.25) is 0 Å². The second-order valence-corrected chi connectivity index (χ2v) is 6.23. The van der Waals surface area contributed by atoms with Crippen LogP contribution < -0.4 is 10.9 Å². The van der Waals surface area contributed by atoms with Crippen LogP contribution in [0.4, 0.5) is 5.69 Å². The zero-order valence-corrected chi connectivity index (χ0v) is 14.8. The number of aromatic nitrogens is 1. The lowest BCUT2D eigenvalue weighted by Gasteiger charge is -2.27. The molecule has 0 saturated heterocycles. The van der Waals surface area contributed by atoms with Crippen molar-refractivity contribution in [3.63, 3.8) is 0 Å². The first-order valence-corrected chi connectivity index (χ1v) is 8.20. The first-order chi connectivity index (χ1) is 13.1. The average molecular weight is 379 g/mol. The molecular weight excluding hydrogens is 356 g/mol. The van der Waals surface area contributed by atoms with Crippen LogP contribution in [0.5, 0.6) is 0 Å². The Morgan fingerprint density at radius 3 is 2.56 bits per heavy atom. The van der Waals surface area contributed by atoms with Crippen molar-refractivity contribution >= 4 is 28.7 Å². The third kappa shape index (κ3) is 4.22. The van der Waals surface area contributed by atoms with Crippen LogP contribution in [0, 0.1) is 6.92 Å². The van der Waals surface area contributed by atoms with E-state index in [0.29, 0.717) is 10.7 Å². The van der Waals surface area contributed by atoms with E-state index in [1.165, 1.54) is 32.0 Å². The number of carbonyl (C=O) groups excluding carboxylic acids is 2. The molecule has 0 bridgehead atoms. The lowest BCUT2D eigenvalue weighted by Crippen LogP contribution is -2.49. The van der Waals surface area contributed by atoms with E-state index in [2.05, 4.69) is 4.98 Å². The van der Waals surface area contributed by atoms with Gasteiger partial charge < -0.3 is 35.5 Å². The Bertz CT molecular complexity index is 945. The van der Waals surface area contributed by atoms with Gasteiger partial charge in [-0.1, -0.05) is 6.07 Å². The molecule has 0 aliphatic heterocycles. The fourth-order valence-electron chi connectivity index (χ4n) is 2.82. The van der Waals surface area contributed by atoms with Gasteiger partial charge in [0.1, 0.15) is 30.6 Å². The number of nitrogens with one attached hydrogen (secondary N) is 2. The van der Waals surface area contributed by atoms with Gasteiger partial charge in [0.15, 0.2) is 7.20 Å². The number of aliphatic hydroxyl groups is 4. The van der Waals surface area contributed by atoms with E-state index in [1.807, 2.05) is 0 Å². The van der Waals surface area contributed by atoms with Gasteiger partial charge in [0.25, 0.3) is 5.56 Å². The standard InChI is InChI=1S/C18H22N2O7/c1-8-15(9(2)23)11-4-3-10(5-12(11)20-18(8)27)19-13(6-21)16(25)17(26)14(24)7-22/h3-6,13-14,16-17,19,22,24-26H,7H2,1-2H3,(H,20,27)/t13-,14+,16+,17+/m0/s1/i/hD. The molecule has 9 nitrogen and oxygen atoms in total. The van der Waals surface area contributed by atoms with E-state index in [9.17, 15) is 29.7 Å². The third-order valence-electron chi connectivity index (χ3n) is 4.31. The number of hydrogen-bond acceptors (Lipinski definition) is 8. The highest BCUT2D eigenvalue weighted by Gasteiger charge is 2.31. The quantitative estimate of drug-likeness (QED) is 0.254. The maximum absolute atomic E-state index is 12.1. The summed E-state index contributed by atoms with van der Waals surface area (Å²) in [6.07, 6.45) is -5.20. The number of carbonyl (C=O) groups is 2. The van der Waals surface area contributed by atoms with Gasteiger partial charge in [-0.2, -0.15) is 0 Å². The lowest BCUT2D eigenvalue weighted by molar-refractivity contribution is -0.117. The van der Waals surface area contributed by atoms with Crippen molar-refractivity contribution in [2.75, 3.05) is 11.9 Å². The van der Waals surface area contributed by atoms with E-state index in [-0.39, 0.29) is 34.4 Å². The Kier molecular flexibility index (Phi) is 5.97. The normalized spacial score (nSPS) is 16.3. The van der Waals surface area contributed by atoms with E-state index >= 15 is 0 Å². The molecule has 1 heterocycles. The Hall–Kier alpha value is -2.59. The van der Waals surface area contributed by atoms with Crippen LogP contribution in [0.3, 0.4) is 0 Å². The number of aldehydes is 1. The molecule has 1 aromatic carbocycles. The van der Waals surface area contributed by atoms with Gasteiger partial charge in [-0.25, -0.2) is 0 Å². The molecule has 4 atom stereocenters. The summed E-state index contributed by atoms with van der Waals surface area (Å²) in [6.45, 7) is 2.01. The van der Waals surface area contributed by atoms with Crippen molar-refractivity contribution in [2.45, 2.75) is 38.2 Å². The number of anilines is 1. The number of aliphatic hydroxyl groups excluding tert-OH is 4. The minimum absolute atomic E-state index is 0.0864. The first kappa shape index (κ1) is 19.2. The summed E-state index contributed by atoms with van der Waals surface area (Å²) in [5.41, 5.74) is 0.377. The number of rotatable bonds is 8. The van der Waals surface area contributed by atoms with Gasteiger partial charge in [-0.15, -0.1) is 0 Å². The molecular formula is C18H22N2O7. The van der Waals surface area contributed by atoms with Crippen molar-refractivity contribution < 1.29 is 31.4 Å². The van der Waals surface area contributed by atoms with Gasteiger partial charge >= 0.3 is 0 Å². The van der Waals surface area contributed by atoms with Crippen LogP contribution in [-0.2, 0) is 4.79 Å². The number of hydrogen-bond donors (Lipinski definition) is 6. The average Bonchev–Trinajstić information content (AvgIpc) is 2.67. The summed E-state index contributed by atoms with van der Waals surface area (Å²) in [6, 6.07) is 2.70. The molecule has 0 radical (unpaired) electrons. The summed E-state index contributed by atoms with van der Waals surface area (Å²) < 4.78 is 8.13. The molecule has 0 fully saturated rings. The Balaban J connectivity index is 2.49. The van der Waals surface area contributed by atoms with Crippen molar-refractivity contribution in [1.29, 1.82) is 0 Å². The van der Waals surface area contributed by atoms with E-state index in [1.54, 1.807) is 0 Å². The molecule has 0 aliphatic rings. The van der Waals surface area contributed by atoms with E-state index in [4.69, 9.17) is 6.52 Å². The molecule has 0 amide bonds. The third-order valence-corrected chi connectivity index (χ3v) is 4.31. The number of ketones is 1. The number of Topliss-reactive ketones (excluding diaryl/α,β-unsaturated/α-hetero) is 1. The van der Waals surface area contributed by atoms with Crippen LogP contribution in [-0.4, -0.2) is 68.4 Å². The van der Waals surface area contributed by atoms with Crippen LogP contribution in [0.2, 0.25) is 1.41 Å². The number of pyridine rings is 1. The molecule has 6 N–H and O–H groups in total. The van der Waals surface area contributed by atoms with E-state index < -0.39 is 36.5 Å². The lowest BCUT2D eigenvalue weighted by atomic mass is 10.00. The van der Waals surface area contributed by atoms with Crippen molar-refractivity contribution in [3.05, 3.63) is 39.7 Å². The fourth-order valence-corrected chi connectivity index (χ4v) is 2.82. The second kappa shape index (κ2) is 8.40. The molecule has 1 aromatic heterocycles. The summed E-state index contributed by atoms with van der Waals surface area (Å²) in [5, 5.41) is 39.3. The predicted molar refractivity (Wildman–Crippen MR) is 97.9 cm³/mol. The van der Waals surface area contributed by atoms with Crippen LogP contribution >= 0.6 is 0 Å². The molecule has 0 aliphatic carbocycles. The molecule has 0 unspecified atom stereocenters. The molecule has 146 valence electrons. The Morgan fingerprint density at radius 1 is 1.33 bits per heavy atom. The van der Waals surface area contributed by atoms with Crippen molar-refractivity contribution in [3.8, 4) is 0 Å². The van der Waals surface area contributed by atoms with E-state index in [0.717, 1.165) is 0 Å².